The molecule has 0 aliphatic rings. The zero-order chi connectivity index (χ0) is 13.7. The second-order valence-corrected chi connectivity index (χ2v) is 6.48. The van der Waals surface area contributed by atoms with Gasteiger partial charge in [-0.2, -0.15) is 0 Å². The summed E-state index contributed by atoms with van der Waals surface area (Å²) in [5.74, 6) is 0. The number of hydrogen-bond acceptors (Lipinski definition) is 0. The van der Waals surface area contributed by atoms with Crippen LogP contribution >= 0.6 is 15.9 Å². The number of halogens is 1. The van der Waals surface area contributed by atoms with Crippen molar-refractivity contribution in [1.82, 2.24) is 0 Å². The van der Waals surface area contributed by atoms with Crippen LogP contribution in [-0.4, -0.2) is 5.33 Å². The lowest BCUT2D eigenvalue weighted by Gasteiger charge is -2.22. The van der Waals surface area contributed by atoms with E-state index in [0.717, 1.165) is 5.33 Å². The first kappa shape index (κ1) is 18.2. The average molecular weight is 317 g/mol. The Bertz CT molecular complexity index is 188. The summed E-state index contributed by atoms with van der Waals surface area (Å²) in [5, 5.41) is 1.04. The van der Waals surface area contributed by atoms with Crippen LogP contribution < -0.4 is 0 Å². The molecule has 18 heavy (non-hydrogen) atoms. The van der Waals surface area contributed by atoms with Gasteiger partial charge in [0.05, 0.1) is 0 Å². The molecule has 1 unspecified atom stereocenters. The van der Waals surface area contributed by atoms with Crippen molar-refractivity contribution in [3.8, 4) is 0 Å². The highest BCUT2D eigenvalue weighted by molar-refractivity contribution is 9.09. The minimum absolute atomic E-state index is 0.306. The summed E-state index contributed by atoms with van der Waals surface area (Å²) in [7, 11) is 0. The Balaban J connectivity index is 3.23. The van der Waals surface area contributed by atoms with Gasteiger partial charge in [-0.15, -0.1) is 6.58 Å². The van der Waals surface area contributed by atoms with Gasteiger partial charge in [0.25, 0.3) is 0 Å². The monoisotopic (exact) mass is 316 g/mol. The van der Waals surface area contributed by atoms with Crippen LogP contribution in [0.3, 0.4) is 0 Å². The van der Waals surface area contributed by atoms with Crippen LogP contribution in [0.1, 0.15) is 84.5 Å². The van der Waals surface area contributed by atoms with E-state index in [1.54, 1.807) is 0 Å². The third-order valence-electron chi connectivity index (χ3n) is 3.90. The van der Waals surface area contributed by atoms with Gasteiger partial charge in [0.2, 0.25) is 0 Å². The van der Waals surface area contributed by atoms with Gasteiger partial charge in [-0.1, -0.05) is 100 Å². The molecule has 0 bridgehead atoms. The van der Waals surface area contributed by atoms with Crippen molar-refractivity contribution >= 4 is 15.9 Å². The fourth-order valence-corrected chi connectivity index (χ4v) is 2.75. The number of allylic oxidation sites excluding steroid dienone is 1. The first-order valence-electron chi connectivity index (χ1n) is 7.88. The lowest BCUT2D eigenvalue weighted by atomic mass is 9.87. The zero-order valence-electron chi connectivity index (χ0n) is 12.6. The molecule has 0 nitrogen and oxygen atoms in total. The normalized spacial score (nSPS) is 14.4. The molecule has 0 saturated heterocycles. The van der Waals surface area contributed by atoms with E-state index in [1.165, 1.54) is 70.6 Å². The van der Waals surface area contributed by atoms with Crippen LogP contribution in [0, 0.1) is 5.41 Å². The van der Waals surface area contributed by atoms with Crippen molar-refractivity contribution in [1.29, 1.82) is 0 Å². The molecule has 0 aliphatic carbocycles. The van der Waals surface area contributed by atoms with Gasteiger partial charge in [-0.3, -0.25) is 0 Å². The number of rotatable bonds is 13. The quantitative estimate of drug-likeness (QED) is 0.197. The Morgan fingerprint density at radius 1 is 0.889 bits per heavy atom. The van der Waals surface area contributed by atoms with Crippen molar-refractivity contribution in [3.05, 3.63) is 12.7 Å². The van der Waals surface area contributed by atoms with E-state index in [9.17, 15) is 0 Å². The van der Waals surface area contributed by atoms with Crippen LogP contribution in [0.5, 0.6) is 0 Å². The summed E-state index contributed by atoms with van der Waals surface area (Å²) in [4.78, 5) is 0. The molecule has 0 aromatic carbocycles. The highest BCUT2D eigenvalue weighted by Crippen LogP contribution is 2.28. The van der Waals surface area contributed by atoms with E-state index in [1.807, 2.05) is 0 Å². The fraction of sp³-hybridized carbons (Fsp3) is 0.882. The van der Waals surface area contributed by atoms with Crippen LogP contribution in [0.4, 0.5) is 0 Å². The molecule has 0 fully saturated rings. The van der Waals surface area contributed by atoms with E-state index in [0.29, 0.717) is 5.41 Å². The Hall–Kier alpha value is 0.220. The Kier molecular flexibility index (Phi) is 12.4. The molecule has 0 N–H and O–H groups in total. The van der Waals surface area contributed by atoms with E-state index in [2.05, 4.69) is 42.4 Å². The lowest BCUT2D eigenvalue weighted by molar-refractivity contribution is 0.418. The molecule has 0 amide bonds. The molecule has 1 heteroatoms. The predicted molar refractivity (Wildman–Crippen MR) is 88.6 cm³/mol. The summed E-state index contributed by atoms with van der Waals surface area (Å²) < 4.78 is 0. The maximum Gasteiger partial charge on any atom is 0.0120 e. The third-order valence-corrected chi connectivity index (χ3v) is 5.18. The molecule has 0 aromatic heterocycles. The summed E-state index contributed by atoms with van der Waals surface area (Å²) >= 11 is 3.58. The Labute approximate surface area is 124 Å². The standard InChI is InChI=1S/C17H33Br/c1-4-6-7-8-9-10-11-12-13-14-15-17(3,5-2)16-18/h5H,2,4,6-16H2,1,3H3. The second kappa shape index (κ2) is 12.3. The van der Waals surface area contributed by atoms with Crippen LogP contribution in [0.25, 0.3) is 0 Å². The van der Waals surface area contributed by atoms with Gasteiger partial charge in [-0.05, 0) is 11.8 Å². The molecule has 0 saturated carbocycles. The van der Waals surface area contributed by atoms with Gasteiger partial charge in [0.15, 0.2) is 0 Å². The van der Waals surface area contributed by atoms with Crippen molar-refractivity contribution in [3.63, 3.8) is 0 Å². The Morgan fingerprint density at radius 3 is 1.72 bits per heavy atom. The van der Waals surface area contributed by atoms with E-state index < -0.39 is 0 Å². The van der Waals surface area contributed by atoms with Crippen molar-refractivity contribution in [2.45, 2.75) is 84.5 Å². The largest absolute Gasteiger partial charge is 0.103 e. The van der Waals surface area contributed by atoms with Crippen molar-refractivity contribution < 1.29 is 0 Å². The van der Waals surface area contributed by atoms with E-state index in [-0.39, 0.29) is 0 Å². The minimum Gasteiger partial charge on any atom is -0.103 e. The highest BCUT2D eigenvalue weighted by atomic mass is 79.9. The highest BCUT2D eigenvalue weighted by Gasteiger charge is 2.17. The van der Waals surface area contributed by atoms with Gasteiger partial charge < -0.3 is 0 Å². The van der Waals surface area contributed by atoms with Crippen LogP contribution in [0.15, 0.2) is 12.7 Å². The first-order chi connectivity index (χ1) is 8.68. The van der Waals surface area contributed by atoms with E-state index in [4.69, 9.17) is 0 Å². The number of alkyl halides is 1. The molecule has 108 valence electrons. The van der Waals surface area contributed by atoms with Gasteiger partial charge in [-0.25, -0.2) is 0 Å². The number of unbranched alkanes of at least 4 members (excludes halogenated alkanes) is 9. The molecular formula is C17H33Br. The van der Waals surface area contributed by atoms with Crippen LogP contribution in [0.2, 0.25) is 0 Å². The minimum atomic E-state index is 0.306. The topological polar surface area (TPSA) is 0 Å². The smallest absolute Gasteiger partial charge is 0.0120 e. The first-order valence-corrected chi connectivity index (χ1v) is 9.00. The maximum atomic E-state index is 3.94. The zero-order valence-corrected chi connectivity index (χ0v) is 14.2. The van der Waals surface area contributed by atoms with E-state index >= 15 is 0 Å². The number of hydrogen-bond donors (Lipinski definition) is 0. The molecule has 0 heterocycles. The molecule has 0 radical (unpaired) electrons. The molecule has 0 aromatic rings. The SMILES string of the molecule is C=CC(C)(CBr)CCCCCCCCCCCC. The Morgan fingerprint density at radius 2 is 1.33 bits per heavy atom. The fourth-order valence-electron chi connectivity index (χ4n) is 2.24. The van der Waals surface area contributed by atoms with Crippen LogP contribution in [-0.2, 0) is 0 Å². The van der Waals surface area contributed by atoms with Gasteiger partial charge in [0.1, 0.15) is 0 Å². The maximum absolute atomic E-state index is 3.94. The average Bonchev–Trinajstić information content (AvgIpc) is 2.40. The second-order valence-electron chi connectivity index (χ2n) is 5.92. The molecule has 0 spiro atoms. The summed E-state index contributed by atoms with van der Waals surface area (Å²) in [6, 6.07) is 0. The predicted octanol–water partition coefficient (Wildman–Crippen LogP) is 6.88. The molecule has 0 aliphatic heterocycles. The van der Waals surface area contributed by atoms with Gasteiger partial charge >= 0.3 is 0 Å². The summed E-state index contributed by atoms with van der Waals surface area (Å²) in [6.45, 7) is 8.51. The lowest BCUT2D eigenvalue weighted by Crippen LogP contribution is -2.14. The van der Waals surface area contributed by atoms with Gasteiger partial charge in [0, 0.05) is 5.33 Å². The molecular weight excluding hydrogens is 284 g/mol. The molecule has 0 rings (SSSR count). The molecule has 1 atom stereocenters. The summed E-state index contributed by atoms with van der Waals surface area (Å²) in [5.41, 5.74) is 0.306. The summed E-state index contributed by atoms with van der Waals surface area (Å²) in [6.07, 6.45) is 17.6. The van der Waals surface area contributed by atoms with Crippen molar-refractivity contribution in [2.75, 3.05) is 5.33 Å². The third kappa shape index (κ3) is 10.2. The van der Waals surface area contributed by atoms with Crippen molar-refractivity contribution in [2.24, 2.45) is 5.41 Å².